The Morgan fingerprint density at radius 2 is 1.97 bits per heavy atom. The molecule has 6 nitrogen and oxygen atoms in total. The van der Waals surface area contributed by atoms with Crippen LogP contribution >= 0.6 is 34.9 Å². The number of rotatable bonds is 7. The number of hydrogen-bond donors (Lipinski definition) is 1. The predicted octanol–water partition coefficient (Wildman–Crippen LogP) is 3.88. The number of aryl methyl sites for hydroxylation is 2. The number of carbonyl (C=O) groups is 3. The number of hydrogen-bond acceptors (Lipinski definition) is 7. The lowest BCUT2D eigenvalue weighted by molar-refractivity contribution is -0.124. The first-order valence-electron chi connectivity index (χ1n) is 8.96. The Hall–Kier alpha value is -2.10. The number of imide groups is 1. The number of thiazole rings is 1. The molecule has 152 valence electrons. The van der Waals surface area contributed by atoms with Crippen LogP contribution in [0.15, 0.2) is 33.5 Å². The smallest absolute Gasteiger partial charge is 0.293 e. The van der Waals surface area contributed by atoms with E-state index in [0.29, 0.717) is 4.91 Å². The molecule has 29 heavy (non-hydrogen) atoms. The molecular formula is C20H21N3O3S3. The Balaban J connectivity index is 1.53. The molecule has 0 atom stereocenters. The van der Waals surface area contributed by atoms with E-state index in [4.69, 9.17) is 0 Å². The van der Waals surface area contributed by atoms with Crippen molar-refractivity contribution in [3.63, 3.8) is 0 Å². The molecule has 2 aromatic rings. The molecule has 0 radical (unpaired) electrons. The molecule has 0 spiro atoms. The molecule has 1 aliphatic rings. The standard InChI is InChI=1S/C20H21N3O3S3/c1-12-4-6-14(7-5-12)10-16-18(25)23(20(26)29-16)9-8-21-17(24)11-15-13(2)22-19(27-3)28-15/h4-7,10H,8-9,11H2,1-3H3,(H,21,24)/b16-10-. The van der Waals surface area contributed by atoms with Crippen molar-refractivity contribution in [3.05, 3.63) is 50.9 Å². The quantitative estimate of drug-likeness (QED) is 0.513. The van der Waals surface area contributed by atoms with Gasteiger partial charge < -0.3 is 5.32 Å². The molecule has 1 saturated heterocycles. The Labute approximate surface area is 182 Å². The van der Waals surface area contributed by atoms with Gasteiger partial charge in [-0.2, -0.15) is 0 Å². The van der Waals surface area contributed by atoms with Gasteiger partial charge in [0.15, 0.2) is 0 Å². The fourth-order valence-corrected chi connectivity index (χ4v) is 5.19. The second kappa shape index (κ2) is 9.60. The highest BCUT2D eigenvalue weighted by molar-refractivity contribution is 8.18. The van der Waals surface area contributed by atoms with Gasteiger partial charge in [-0.3, -0.25) is 19.3 Å². The molecule has 3 rings (SSSR count). The largest absolute Gasteiger partial charge is 0.354 e. The van der Waals surface area contributed by atoms with Gasteiger partial charge in [-0.25, -0.2) is 4.98 Å². The maximum absolute atomic E-state index is 12.5. The van der Waals surface area contributed by atoms with Crippen molar-refractivity contribution >= 4 is 58.0 Å². The summed E-state index contributed by atoms with van der Waals surface area (Å²) in [6, 6.07) is 7.73. The minimum Gasteiger partial charge on any atom is -0.354 e. The number of thioether (sulfide) groups is 2. The van der Waals surface area contributed by atoms with Crippen LogP contribution in [0.5, 0.6) is 0 Å². The van der Waals surface area contributed by atoms with E-state index in [2.05, 4.69) is 10.3 Å². The number of amides is 3. The molecule has 0 saturated carbocycles. The van der Waals surface area contributed by atoms with Crippen LogP contribution in [0.1, 0.15) is 21.7 Å². The molecule has 1 N–H and O–H groups in total. The highest BCUT2D eigenvalue weighted by Gasteiger charge is 2.34. The number of aromatic nitrogens is 1. The zero-order valence-corrected chi connectivity index (χ0v) is 18.8. The van der Waals surface area contributed by atoms with Gasteiger partial charge in [-0.1, -0.05) is 41.6 Å². The van der Waals surface area contributed by atoms with Crippen molar-refractivity contribution in [2.24, 2.45) is 0 Å². The van der Waals surface area contributed by atoms with Crippen molar-refractivity contribution in [2.75, 3.05) is 19.3 Å². The third-order valence-electron chi connectivity index (χ3n) is 4.28. The average molecular weight is 448 g/mol. The second-order valence-electron chi connectivity index (χ2n) is 6.46. The van der Waals surface area contributed by atoms with Gasteiger partial charge >= 0.3 is 0 Å². The van der Waals surface area contributed by atoms with E-state index in [0.717, 1.165) is 37.8 Å². The summed E-state index contributed by atoms with van der Waals surface area (Å²) in [6.07, 6.45) is 3.92. The summed E-state index contributed by atoms with van der Waals surface area (Å²) >= 11 is 3.99. The van der Waals surface area contributed by atoms with E-state index in [1.807, 2.05) is 44.4 Å². The highest BCUT2D eigenvalue weighted by atomic mass is 32.2. The molecule has 0 aliphatic carbocycles. The van der Waals surface area contributed by atoms with Crippen LogP contribution in [-0.4, -0.2) is 46.3 Å². The van der Waals surface area contributed by atoms with Crippen LogP contribution < -0.4 is 5.32 Å². The van der Waals surface area contributed by atoms with Gasteiger partial charge in [-0.15, -0.1) is 11.3 Å². The lowest BCUT2D eigenvalue weighted by Gasteiger charge is -2.12. The second-order valence-corrected chi connectivity index (χ2v) is 9.59. The molecule has 0 bridgehead atoms. The van der Waals surface area contributed by atoms with E-state index in [1.54, 1.807) is 17.8 Å². The van der Waals surface area contributed by atoms with E-state index < -0.39 is 0 Å². The third-order valence-corrected chi connectivity index (χ3v) is 7.33. The van der Waals surface area contributed by atoms with Gasteiger partial charge in [0.05, 0.1) is 17.0 Å². The topological polar surface area (TPSA) is 79.4 Å². The molecule has 3 amide bonds. The van der Waals surface area contributed by atoms with Gasteiger partial charge in [0, 0.05) is 18.0 Å². The number of benzene rings is 1. The lowest BCUT2D eigenvalue weighted by Crippen LogP contribution is -2.37. The summed E-state index contributed by atoms with van der Waals surface area (Å²) < 4.78 is 0.934. The number of carbonyl (C=O) groups excluding carboxylic acids is 3. The maximum atomic E-state index is 12.5. The molecule has 1 aromatic heterocycles. The molecule has 1 aliphatic heterocycles. The fourth-order valence-electron chi connectivity index (χ4n) is 2.67. The Kier molecular flexibility index (Phi) is 7.15. The minimum absolute atomic E-state index is 0.147. The molecule has 9 heteroatoms. The van der Waals surface area contributed by atoms with E-state index in [9.17, 15) is 14.4 Å². The SMILES string of the molecule is CSc1nc(C)c(CC(=O)NCCN2C(=O)S/C(=C\c3ccc(C)cc3)C2=O)s1. The zero-order valence-electron chi connectivity index (χ0n) is 16.4. The summed E-state index contributed by atoms with van der Waals surface area (Å²) in [5.41, 5.74) is 2.87. The van der Waals surface area contributed by atoms with Gasteiger partial charge in [0.25, 0.3) is 11.1 Å². The third kappa shape index (κ3) is 5.49. The summed E-state index contributed by atoms with van der Waals surface area (Å²) in [7, 11) is 0. The Morgan fingerprint density at radius 1 is 1.24 bits per heavy atom. The van der Waals surface area contributed by atoms with Crippen molar-refractivity contribution in [1.29, 1.82) is 0 Å². The maximum Gasteiger partial charge on any atom is 0.293 e. The minimum atomic E-state index is -0.322. The van der Waals surface area contributed by atoms with Crippen molar-refractivity contribution in [3.8, 4) is 0 Å². The fraction of sp³-hybridized carbons (Fsp3) is 0.300. The number of nitrogens with zero attached hydrogens (tertiary/aromatic N) is 2. The molecule has 1 aromatic carbocycles. The normalized spacial score (nSPS) is 15.4. The predicted molar refractivity (Wildman–Crippen MR) is 119 cm³/mol. The van der Waals surface area contributed by atoms with Crippen molar-refractivity contribution in [1.82, 2.24) is 15.2 Å². The van der Waals surface area contributed by atoms with Crippen LogP contribution in [0.3, 0.4) is 0 Å². The summed E-state index contributed by atoms with van der Waals surface area (Å²) in [4.78, 5) is 43.8. The van der Waals surface area contributed by atoms with Crippen LogP contribution in [-0.2, 0) is 16.0 Å². The van der Waals surface area contributed by atoms with Crippen molar-refractivity contribution < 1.29 is 14.4 Å². The van der Waals surface area contributed by atoms with Gasteiger partial charge in [-0.05, 0) is 43.5 Å². The Bertz CT molecular complexity index is 967. The van der Waals surface area contributed by atoms with Crippen LogP contribution in [0.4, 0.5) is 4.79 Å². The molecule has 2 heterocycles. The summed E-state index contributed by atoms with van der Waals surface area (Å²) in [5.74, 6) is -0.468. The van der Waals surface area contributed by atoms with Gasteiger partial charge in [0.1, 0.15) is 4.34 Å². The van der Waals surface area contributed by atoms with E-state index >= 15 is 0 Å². The van der Waals surface area contributed by atoms with E-state index in [-0.39, 0.29) is 36.6 Å². The van der Waals surface area contributed by atoms with Crippen LogP contribution in [0.25, 0.3) is 6.08 Å². The Morgan fingerprint density at radius 3 is 2.62 bits per heavy atom. The molecular weight excluding hydrogens is 426 g/mol. The summed E-state index contributed by atoms with van der Waals surface area (Å²) in [5, 5.41) is 2.47. The summed E-state index contributed by atoms with van der Waals surface area (Å²) in [6.45, 7) is 4.25. The molecule has 0 unspecified atom stereocenters. The number of nitrogens with one attached hydrogen (secondary N) is 1. The van der Waals surface area contributed by atoms with Crippen LogP contribution in [0.2, 0.25) is 0 Å². The van der Waals surface area contributed by atoms with E-state index in [1.165, 1.54) is 16.2 Å². The van der Waals surface area contributed by atoms with Crippen LogP contribution in [0, 0.1) is 13.8 Å². The monoisotopic (exact) mass is 447 g/mol. The average Bonchev–Trinajstić information content (AvgIpc) is 3.17. The molecule has 1 fully saturated rings. The van der Waals surface area contributed by atoms with Crippen molar-refractivity contribution in [2.45, 2.75) is 24.6 Å². The zero-order chi connectivity index (χ0) is 21.0. The first-order valence-corrected chi connectivity index (χ1v) is 11.8. The lowest BCUT2D eigenvalue weighted by atomic mass is 10.1. The van der Waals surface area contributed by atoms with Gasteiger partial charge in [0.2, 0.25) is 5.91 Å². The first-order chi connectivity index (χ1) is 13.9. The first kappa shape index (κ1) is 21.6. The highest BCUT2D eigenvalue weighted by Crippen LogP contribution is 2.32.